The van der Waals surface area contributed by atoms with Crippen LogP contribution in [0.4, 0.5) is 5.69 Å². The maximum atomic E-state index is 5.87. The lowest BCUT2D eigenvalue weighted by Crippen LogP contribution is -1.99. The number of benzene rings is 2. The highest BCUT2D eigenvalue weighted by atomic mass is 16.5. The summed E-state index contributed by atoms with van der Waals surface area (Å²) in [6, 6.07) is 13.4. The first-order valence-corrected chi connectivity index (χ1v) is 6.46. The van der Waals surface area contributed by atoms with Crippen LogP contribution in [0.1, 0.15) is 18.9 Å². The number of anilines is 1. The van der Waals surface area contributed by atoms with E-state index in [0.29, 0.717) is 18.0 Å². The lowest BCUT2D eigenvalue weighted by molar-refractivity contribution is 0.317. The summed E-state index contributed by atoms with van der Waals surface area (Å²) in [6.45, 7) is 4.73. The van der Waals surface area contributed by atoms with Crippen molar-refractivity contribution in [2.75, 3.05) is 12.3 Å². The van der Waals surface area contributed by atoms with Gasteiger partial charge in [-0.1, -0.05) is 25.1 Å². The molecular formula is C16H19NO2. The van der Waals surface area contributed by atoms with Crippen molar-refractivity contribution in [2.45, 2.75) is 20.3 Å². The van der Waals surface area contributed by atoms with Gasteiger partial charge in [0.15, 0.2) is 0 Å². The van der Waals surface area contributed by atoms with Gasteiger partial charge in [-0.2, -0.15) is 0 Å². The fraction of sp³-hybridized carbons (Fsp3) is 0.250. The lowest BCUT2D eigenvalue weighted by atomic mass is 10.2. The smallest absolute Gasteiger partial charge is 0.145 e. The SMILES string of the molecule is CCCOc1cc(Oc2ccccc2C)ccc1N. The summed E-state index contributed by atoms with van der Waals surface area (Å²) < 4.78 is 11.4. The molecule has 0 radical (unpaired) electrons. The fourth-order valence-electron chi connectivity index (χ4n) is 1.71. The van der Waals surface area contributed by atoms with Gasteiger partial charge in [0.05, 0.1) is 12.3 Å². The minimum atomic E-state index is 0.630. The van der Waals surface area contributed by atoms with E-state index in [1.54, 1.807) is 6.07 Å². The van der Waals surface area contributed by atoms with Crippen LogP contribution in [-0.2, 0) is 0 Å². The zero-order chi connectivity index (χ0) is 13.7. The Labute approximate surface area is 114 Å². The Balaban J connectivity index is 2.19. The number of aryl methyl sites for hydroxylation is 1. The van der Waals surface area contributed by atoms with Crippen molar-refractivity contribution in [3.63, 3.8) is 0 Å². The van der Waals surface area contributed by atoms with E-state index in [4.69, 9.17) is 15.2 Å². The van der Waals surface area contributed by atoms with Gasteiger partial charge in [-0.15, -0.1) is 0 Å². The molecule has 3 nitrogen and oxygen atoms in total. The minimum absolute atomic E-state index is 0.630. The number of nitrogen functional groups attached to an aromatic ring is 1. The molecule has 3 heteroatoms. The third-order valence-electron chi connectivity index (χ3n) is 2.77. The van der Waals surface area contributed by atoms with Crippen molar-refractivity contribution in [1.82, 2.24) is 0 Å². The third kappa shape index (κ3) is 3.41. The van der Waals surface area contributed by atoms with E-state index >= 15 is 0 Å². The lowest BCUT2D eigenvalue weighted by Gasteiger charge is -2.12. The Morgan fingerprint density at radius 1 is 1.05 bits per heavy atom. The molecule has 0 heterocycles. The van der Waals surface area contributed by atoms with Crippen molar-refractivity contribution >= 4 is 5.69 Å². The maximum absolute atomic E-state index is 5.87. The molecule has 0 saturated heterocycles. The van der Waals surface area contributed by atoms with Crippen LogP contribution in [-0.4, -0.2) is 6.61 Å². The average molecular weight is 257 g/mol. The first-order valence-electron chi connectivity index (χ1n) is 6.46. The Kier molecular flexibility index (Phi) is 4.29. The molecule has 2 rings (SSSR count). The highest BCUT2D eigenvalue weighted by Crippen LogP contribution is 2.31. The first-order chi connectivity index (χ1) is 9.20. The van der Waals surface area contributed by atoms with Crippen LogP contribution in [0.3, 0.4) is 0 Å². The molecule has 0 aromatic heterocycles. The van der Waals surface area contributed by atoms with E-state index in [0.717, 1.165) is 23.5 Å². The van der Waals surface area contributed by atoms with E-state index in [1.807, 2.05) is 43.3 Å². The number of hydrogen-bond donors (Lipinski definition) is 1. The van der Waals surface area contributed by atoms with Gasteiger partial charge in [-0.3, -0.25) is 0 Å². The molecule has 0 saturated carbocycles. The Hall–Kier alpha value is -2.16. The highest BCUT2D eigenvalue weighted by Gasteiger charge is 2.05. The van der Waals surface area contributed by atoms with E-state index in [2.05, 4.69) is 6.92 Å². The second kappa shape index (κ2) is 6.14. The standard InChI is InChI=1S/C16H19NO2/c1-3-10-18-16-11-13(8-9-14(16)17)19-15-7-5-4-6-12(15)2/h4-9,11H,3,10,17H2,1-2H3. The van der Waals surface area contributed by atoms with Crippen molar-refractivity contribution in [1.29, 1.82) is 0 Å². The summed E-state index contributed by atoms with van der Waals surface area (Å²) in [5, 5.41) is 0. The van der Waals surface area contributed by atoms with Crippen LogP contribution in [0.5, 0.6) is 17.2 Å². The van der Waals surface area contributed by atoms with Crippen molar-refractivity contribution in [3.05, 3.63) is 48.0 Å². The summed E-state index contributed by atoms with van der Waals surface area (Å²) >= 11 is 0. The zero-order valence-electron chi connectivity index (χ0n) is 11.3. The second-order valence-corrected chi connectivity index (χ2v) is 4.42. The van der Waals surface area contributed by atoms with Crippen molar-refractivity contribution < 1.29 is 9.47 Å². The molecule has 0 amide bonds. The van der Waals surface area contributed by atoms with E-state index in [1.165, 1.54) is 0 Å². The number of para-hydroxylation sites is 1. The number of hydrogen-bond acceptors (Lipinski definition) is 3. The van der Waals surface area contributed by atoms with Gasteiger partial charge >= 0.3 is 0 Å². The van der Waals surface area contributed by atoms with Crippen molar-refractivity contribution in [3.8, 4) is 17.2 Å². The number of rotatable bonds is 5. The van der Waals surface area contributed by atoms with Gasteiger partial charge in [-0.25, -0.2) is 0 Å². The number of nitrogens with two attached hydrogens (primary N) is 1. The molecule has 2 aromatic rings. The molecular weight excluding hydrogens is 238 g/mol. The van der Waals surface area contributed by atoms with Gasteiger partial charge in [-0.05, 0) is 37.1 Å². The summed E-state index contributed by atoms with van der Waals surface area (Å²) in [4.78, 5) is 0. The summed E-state index contributed by atoms with van der Waals surface area (Å²) in [7, 11) is 0. The van der Waals surface area contributed by atoms with Crippen molar-refractivity contribution in [2.24, 2.45) is 0 Å². The molecule has 0 aliphatic rings. The molecule has 0 atom stereocenters. The zero-order valence-corrected chi connectivity index (χ0v) is 11.3. The first kappa shape index (κ1) is 13.3. The molecule has 0 bridgehead atoms. The molecule has 2 aromatic carbocycles. The van der Waals surface area contributed by atoms with Gasteiger partial charge < -0.3 is 15.2 Å². The molecule has 0 fully saturated rings. The monoisotopic (exact) mass is 257 g/mol. The van der Waals surface area contributed by atoms with E-state index in [-0.39, 0.29) is 0 Å². The fourth-order valence-corrected chi connectivity index (χ4v) is 1.71. The normalized spacial score (nSPS) is 10.2. The average Bonchev–Trinajstić information content (AvgIpc) is 2.42. The Morgan fingerprint density at radius 3 is 2.58 bits per heavy atom. The predicted molar refractivity (Wildman–Crippen MR) is 77.9 cm³/mol. The molecule has 2 N–H and O–H groups in total. The van der Waals surface area contributed by atoms with E-state index in [9.17, 15) is 0 Å². The van der Waals surface area contributed by atoms with Crippen LogP contribution in [0, 0.1) is 6.92 Å². The summed E-state index contributed by atoms with van der Waals surface area (Å²) in [5.74, 6) is 2.25. The highest BCUT2D eigenvalue weighted by molar-refractivity contribution is 5.56. The van der Waals surface area contributed by atoms with Gasteiger partial charge in [0.1, 0.15) is 17.2 Å². The third-order valence-corrected chi connectivity index (χ3v) is 2.77. The summed E-state index contributed by atoms with van der Waals surface area (Å²) in [6.07, 6.45) is 0.947. The molecule has 19 heavy (non-hydrogen) atoms. The maximum Gasteiger partial charge on any atom is 0.145 e. The predicted octanol–water partition coefficient (Wildman–Crippen LogP) is 4.16. The van der Waals surface area contributed by atoms with Crippen LogP contribution >= 0.6 is 0 Å². The molecule has 0 unspecified atom stereocenters. The Morgan fingerprint density at radius 2 is 1.84 bits per heavy atom. The molecule has 100 valence electrons. The molecule has 0 aliphatic heterocycles. The van der Waals surface area contributed by atoms with Crippen LogP contribution in [0.2, 0.25) is 0 Å². The second-order valence-electron chi connectivity index (χ2n) is 4.42. The van der Waals surface area contributed by atoms with Crippen LogP contribution < -0.4 is 15.2 Å². The largest absolute Gasteiger partial charge is 0.491 e. The van der Waals surface area contributed by atoms with Crippen LogP contribution in [0.15, 0.2) is 42.5 Å². The van der Waals surface area contributed by atoms with Crippen LogP contribution in [0.25, 0.3) is 0 Å². The molecule has 0 spiro atoms. The van der Waals surface area contributed by atoms with Gasteiger partial charge in [0.25, 0.3) is 0 Å². The quantitative estimate of drug-likeness (QED) is 0.818. The van der Waals surface area contributed by atoms with Gasteiger partial charge in [0, 0.05) is 6.07 Å². The minimum Gasteiger partial charge on any atom is -0.491 e. The number of ether oxygens (including phenoxy) is 2. The van der Waals surface area contributed by atoms with E-state index < -0.39 is 0 Å². The Bertz CT molecular complexity index is 552. The van der Waals surface area contributed by atoms with Gasteiger partial charge in [0.2, 0.25) is 0 Å². The summed E-state index contributed by atoms with van der Waals surface area (Å²) in [5.41, 5.74) is 7.60. The topological polar surface area (TPSA) is 44.5 Å². The molecule has 0 aliphatic carbocycles.